The summed E-state index contributed by atoms with van der Waals surface area (Å²) in [6, 6.07) is 14.1. The maximum Gasteiger partial charge on any atom is 0.231 e. The third-order valence-corrected chi connectivity index (χ3v) is 4.54. The van der Waals surface area contributed by atoms with Crippen LogP contribution >= 0.6 is 24.0 Å². The molecule has 2 heterocycles. The van der Waals surface area contributed by atoms with Gasteiger partial charge in [-0.15, -0.1) is 24.0 Å². The number of guanidine groups is 1. The van der Waals surface area contributed by atoms with Gasteiger partial charge in [0.2, 0.25) is 6.79 Å². The molecule has 8 heteroatoms. The number of hydrogen-bond acceptors (Lipinski definition) is 4. The summed E-state index contributed by atoms with van der Waals surface area (Å²) in [5.74, 6) is 3.42. The lowest BCUT2D eigenvalue weighted by Crippen LogP contribution is -2.38. The van der Waals surface area contributed by atoms with Crippen LogP contribution in [0, 0.1) is 0 Å². The van der Waals surface area contributed by atoms with Crippen LogP contribution in [0.3, 0.4) is 0 Å². The van der Waals surface area contributed by atoms with Gasteiger partial charge in [-0.1, -0.05) is 18.2 Å². The van der Waals surface area contributed by atoms with Gasteiger partial charge in [0, 0.05) is 26.1 Å². The smallest absolute Gasteiger partial charge is 0.231 e. The van der Waals surface area contributed by atoms with Crippen molar-refractivity contribution in [3.63, 3.8) is 0 Å². The molecule has 29 heavy (non-hydrogen) atoms. The van der Waals surface area contributed by atoms with Crippen LogP contribution in [0.2, 0.25) is 0 Å². The Balaban J connectivity index is 0.00000240. The molecule has 0 unspecified atom stereocenters. The first-order chi connectivity index (χ1) is 13.8. The molecular formula is C21H26IN5O2. The summed E-state index contributed by atoms with van der Waals surface area (Å²) in [6.07, 6.45) is 1.65. The van der Waals surface area contributed by atoms with Crippen LogP contribution in [0.15, 0.2) is 47.5 Å². The molecule has 154 valence electrons. The van der Waals surface area contributed by atoms with Crippen molar-refractivity contribution >= 4 is 41.0 Å². The van der Waals surface area contributed by atoms with Gasteiger partial charge in [-0.05, 0) is 43.2 Å². The van der Waals surface area contributed by atoms with E-state index < -0.39 is 0 Å². The van der Waals surface area contributed by atoms with E-state index in [1.807, 2.05) is 36.4 Å². The van der Waals surface area contributed by atoms with Gasteiger partial charge in [0.25, 0.3) is 0 Å². The molecule has 1 aliphatic heterocycles. The molecule has 0 fully saturated rings. The molecular weight excluding hydrogens is 481 g/mol. The normalized spacial score (nSPS) is 12.7. The van der Waals surface area contributed by atoms with Gasteiger partial charge in [0.05, 0.1) is 11.0 Å². The highest BCUT2D eigenvalue weighted by molar-refractivity contribution is 14.0. The number of aromatic amines is 1. The first kappa shape index (κ1) is 21.2. The summed E-state index contributed by atoms with van der Waals surface area (Å²) in [5.41, 5.74) is 3.26. The van der Waals surface area contributed by atoms with E-state index in [0.717, 1.165) is 60.2 Å². The Labute approximate surface area is 187 Å². The lowest BCUT2D eigenvalue weighted by molar-refractivity contribution is 0.174. The minimum atomic E-state index is 0. The van der Waals surface area contributed by atoms with Crippen LogP contribution in [-0.2, 0) is 12.8 Å². The van der Waals surface area contributed by atoms with Crippen molar-refractivity contribution in [3.05, 3.63) is 53.9 Å². The maximum absolute atomic E-state index is 5.43. The van der Waals surface area contributed by atoms with Gasteiger partial charge in [-0.25, -0.2) is 4.98 Å². The first-order valence-electron chi connectivity index (χ1n) is 9.66. The van der Waals surface area contributed by atoms with Crippen molar-refractivity contribution in [3.8, 4) is 11.5 Å². The standard InChI is InChI=1S/C21H25N5O2.HI/c1-2-22-21(23-11-9-15-7-8-18-19(13-15)28-14-27-18)24-12-10-20-25-16-5-3-4-6-17(16)26-20;/h3-8,13H,2,9-12,14H2,1H3,(H,25,26)(H2,22,23,24);1H. The Kier molecular flexibility index (Phi) is 7.56. The number of H-pyrrole nitrogens is 1. The Hall–Kier alpha value is -2.49. The SMILES string of the molecule is CCNC(=NCCc1nc2ccccc2[nH]1)NCCc1ccc2c(c1)OCO2.I. The average molecular weight is 507 g/mol. The number of hydrogen-bond donors (Lipinski definition) is 3. The molecule has 4 rings (SSSR count). The molecule has 0 bridgehead atoms. The number of halogens is 1. The predicted octanol–water partition coefficient (Wildman–Crippen LogP) is 3.25. The molecule has 0 radical (unpaired) electrons. The van der Waals surface area contributed by atoms with Crippen molar-refractivity contribution in [1.29, 1.82) is 0 Å². The molecule has 1 aliphatic rings. The number of rotatable bonds is 7. The van der Waals surface area contributed by atoms with Crippen LogP contribution < -0.4 is 20.1 Å². The zero-order valence-corrected chi connectivity index (χ0v) is 18.7. The minimum absolute atomic E-state index is 0. The number of fused-ring (bicyclic) bond motifs is 2. The fourth-order valence-corrected chi connectivity index (χ4v) is 3.16. The third kappa shape index (κ3) is 5.53. The second-order valence-electron chi connectivity index (χ2n) is 6.58. The van der Waals surface area contributed by atoms with E-state index in [0.29, 0.717) is 13.3 Å². The van der Waals surface area contributed by atoms with Crippen molar-refractivity contribution in [1.82, 2.24) is 20.6 Å². The molecule has 0 atom stereocenters. The lowest BCUT2D eigenvalue weighted by atomic mass is 10.1. The predicted molar refractivity (Wildman–Crippen MR) is 125 cm³/mol. The number of benzene rings is 2. The Morgan fingerprint density at radius 1 is 1.10 bits per heavy atom. The van der Waals surface area contributed by atoms with E-state index in [1.54, 1.807) is 0 Å². The Morgan fingerprint density at radius 2 is 1.97 bits per heavy atom. The van der Waals surface area contributed by atoms with Crippen molar-refractivity contribution in [2.75, 3.05) is 26.4 Å². The molecule has 0 aliphatic carbocycles. The van der Waals surface area contributed by atoms with E-state index in [9.17, 15) is 0 Å². The highest BCUT2D eigenvalue weighted by Gasteiger charge is 2.13. The summed E-state index contributed by atoms with van der Waals surface area (Å²) in [4.78, 5) is 12.6. The highest BCUT2D eigenvalue weighted by Crippen LogP contribution is 2.32. The van der Waals surface area contributed by atoms with Crippen molar-refractivity contribution < 1.29 is 9.47 Å². The molecule has 0 saturated carbocycles. The number of para-hydroxylation sites is 2. The van der Waals surface area contributed by atoms with Gasteiger partial charge in [0.1, 0.15) is 5.82 Å². The lowest BCUT2D eigenvalue weighted by Gasteiger charge is -2.11. The number of aromatic nitrogens is 2. The van der Waals surface area contributed by atoms with Crippen molar-refractivity contribution in [2.45, 2.75) is 19.8 Å². The van der Waals surface area contributed by atoms with E-state index >= 15 is 0 Å². The number of aliphatic imine (C=N–C) groups is 1. The minimum Gasteiger partial charge on any atom is -0.454 e. The van der Waals surface area contributed by atoms with Gasteiger partial charge in [-0.2, -0.15) is 0 Å². The number of ether oxygens (including phenoxy) is 2. The Morgan fingerprint density at radius 3 is 2.83 bits per heavy atom. The quantitative estimate of drug-likeness (QED) is 0.260. The monoisotopic (exact) mass is 507 g/mol. The molecule has 0 amide bonds. The summed E-state index contributed by atoms with van der Waals surface area (Å²) in [7, 11) is 0. The molecule has 3 N–H and O–H groups in total. The number of imidazole rings is 1. The largest absolute Gasteiger partial charge is 0.454 e. The number of nitrogens with one attached hydrogen (secondary N) is 3. The summed E-state index contributed by atoms with van der Waals surface area (Å²) < 4.78 is 10.8. The molecule has 7 nitrogen and oxygen atoms in total. The van der Waals surface area contributed by atoms with E-state index in [-0.39, 0.29) is 24.0 Å². The summed E-state index contributed by atoms with van der Waals surface area (Å²) in [5, 5.41) is 6.67. The maximum atomic E-state index is 5.43. The van der Waals surface area contributed by atoms with Gasteiger partial charge >= 0.3 is 0 Å². The van der Waals surface area contributed by atoms with Crippen LogP contribution in [-0.4, -0.2) is 42.4 Å². The second-order valence-corrected chi connectivity index (χ2v) is 6.58. The van der Waals surface area contributed by atoms with E-state index in [2.05, 4.69) is 38.6 Å². The zero-order valence-electron chi connectivity index (χ0n) is 16.4. The van der Waals surface area contributed by atoms with Gasteiger partial charge < -0.3 is 25.1 Å². The summed E-state index contributed by atoms with van der Waals surface area (Å²) >= 11 is 0. The van der Waals surface area contributed by atoms with Crippen molar-refractivity contribution in [2.24, 2.45) is 4.99 Å². The highest BCUT2D eigenvalue weighted by atomic mass is 127. The fraction of sp³-hybridized carbons (Fsp3) is 0.333. The van der Waals surface area contributed by atoms with Crippen LogP contribution in [0.1, 0.15) is 18.3 Å². The van der Waals surface area contributed by atoms with Crippen LogP contribution in [0.25, 0.3) is 11.0 Å². The number of nitrogens with zero attached hydrogens (tertiary/aromatic N) is 2. The second kappa shape index (κ2) is 10.3. The molecule has 0 saturated heterocycles. The van der Waals surface area contributed by atoms with Gasteiger partial charge in [-0.3, -0.25) is 4.99 Å². The van der Waals surface area contributed by atoms with E-state index in [1.165, 1.54) is 5.56 Å². The Bertz CT molecular complexity index is 940. The van der Waals surface area contributed by atoms with E-state index in [4.69, 9.17) is 9.47 Å². The third-order valence-electron chi connectivity index (χ3n) is 4.54. The average Bonchev–Trinajstić information content (AvgIpc) is 3.33. The molecule has 2 aromatic carbocycles. The molecule has 0 spiro atoms. The van der Waals surface area contributed by atoms with Crippen LogP contribution in [0.4, 0.5) is 0 Å². The van der Waals surface area contributed by atoms with Gasteiger partial charge in [0.15, 0.2) is 17.5 Å². The fourth-order valence-electron chi connectivity index (χ4n) is 3.16. The zero-order chi connectivity index (χ0) is 19.2. The molecule has 1 aromatic heterocycles. The molecule has 3 aromatic rings. The first-order valence-corrected chi connectivity index (χ1v) is 9.66. The topological polar surface area (TPSA) is 83.6 Å². The summed E-state index contributed by atoms with van der Waals surface area (Å²) in [6.45, 7) is 4.64. The van der Waals surface area contributed by atoms with Crippen LogP contribution in [0.5, 0.6) is 11.5 Å².